The number of nitrogens with two attached hydrogens (primary N) is 1. The summed E-state index contributed by atoms with van der Waals surface area (Å²) in [6.07, 6.45) is 5.92. The van der Waals surface area contributed by atoms with Crippen LogP contribution in [-0.2, 0) is 4.79 Å². The van der Waals surface area contributed by atoms with Crippen LogP contribution in [0.15, 0.2) is 0 Å². The zero-order valence-electron chi connectivity index (χ0n) is 10.9. The fraction of sp³-hybridized carbons (Fsp3) is 0.923. The van der Waals surface area contributed by atoms with Crippen molar-refractivity contribution in [2.24, 2.45) is 11.7 Å². The Morgan fingerprint density at radius 2 is 1.88 bits per heavy atom. The summed E-state index contributed by atoms with van der Waals surface area (Å²) in [5.74, 6) is 0.775. The third-order valence-electron chi connectivity index (χ3n) is 3.39. The second kappa shape index (κ2) is 6.24. The number of hydrogen-bond acceptors (Lipinski definition) is 2. The normalized spacial score (nSPS) is 19.1. The molecule has 0 aromatic rings. The lowest BCUT2D eigenvalue weighted by molar-refractivity contribution is -0.134. The number of rotatable bonds is 5. The molecule has 0 unspecified atom stereocenters. The standard InChI is InChI=1S/C13H26N2O/c1-10(2)8-9-15(13(16)11(3)14)12-6-4-5-7-12/h10-12H,4-9,14H2,1-3H3/t11-/m0/s1. The highest BCUT2D eigenvalue weighted by Gasteiger charge is 2.27. The number of carbonyl (C=O) groups excluding carboxylic acids is 1. The molecule has 1 aliphatic rings. The maximum atomic E-state index is 12.0. The van der Waals surface area contributed by atoms with Crippen molar-refractivity contribution in [2.45, 2.75) is 65.0 Å². The fourth-order valence-corrected chi connectivity index (χ4v) is 2.35. The Morgan fingerprint density at radius 1 is 1.31 bits per heavy atom. The number of amides is 1. The Kier molecular flexibility index (Phi) is 5.26. The molecule has 0 heterocycles. The molecule has 2 N–H and O–H groups in total. The summed E-state index contributed by atoms with van der Waals surface area (Å²) >= 11 is 0. The largest absolute Gasteiger partial charge is 0.338 e. The van der Waals surface area contributed by atoms with E-state index in [9.17, 15) is 4.79 Å². The third kappa shape index (κ3) is 3.78. The van der Waals surface area contributed by atoms with E-state index in [4.69, 9.17) is 5.73 Å². The highest BCUT2D eigenvalue weighted by molar-refractivity contribution is 5.81. The van der Waals surface area contributed by atoms with E-state index < -0.39 is 0 Å². The summed E-state index contributed by atoms with van der Waals surface area (Å²) in [5.41, 5.74) is 5.72. The second-order valence-electron chi connectivity index (χ2n) is 5.44. The molecule has 1 fully saturated rings. The first-order chi connectivity index (χ1) is 7.52. The van der Waals surface area contributed by atoms with Gasteiger partial charge in [0.2, 0.25) is 5.91 Å². The topological polar surface area (TPSA) is 46.3 Å². The van der Waals surface area contributed by atoms with Crippen LogP contribution in [0.2, 0.25) is 0 Å². The SMILES string of the molecule is CC(C)CCN(C(=O)[C@H](C)N)C1CCCC1. The summed E-state index contributed by atoms with van der Waals surface area (Å²) in [6.45, 7) is 7.06. The van der Waals surface area contributed by atoms with Crippen molar-refractivity contribution < 1.29 is 4.79 Å². The Labute approximate surface area is 99.4 Å². The van der Waals surface area contributed by atoms with Crippen LogP contribution >= 0.6 is 0 Å². The molecule has 1 aliphatic carbocycles. The van der Waals surface area contributed by atoms with Crippen molar-refractivity contribution in [2.75, 3.05) is 6.54 Å². The van der Waals surface area contributed by atoms with Gasteiger partial charge in [-0.3, -0.25) is 4.79 Å². The van der Waals surface area contributed by atoms with E-state index in [-0.39, 0.29) is 11.9 Å². The highest BCUT2D eigenvalue weighted by Crippen LogP contribution is 2.24. The summed E-state index contributed by atoms with van der Waals surface area (Å²) in [5, 5.41) is 0. The lowest BCUT2D eigenvalue weighted by Crippen LogP contribution is -2.47. The van der Waals surface area contributed by atoms with Crippen molar-refractivity contribution in [3.8, 4) is 0 Å². The monoisotopic (exact) mass is 226 g/mol. The zero-order valence-corrected chi connectivity index (χ0v) is 10.9. The van der Waals surface area contributed by atoms with Crippen LogP contribution in [0.5, 0.6) is 0 Å². The number of carbonyl (C=O) groups is 1. The van der Waals surface area contributed by atoms with E-state index in [0.29, 0.717) is 12.0 Å². The quantitative estimate of drug-likeness (QED) is 0.780. The molecule has 0 aliphatic heterocycles. The van der Waals surface area contributed by atoms with Gasteiger partial charge in [0.15, 0.2) is 0 Å². The lowest BCUT2D eigenvalue weighted by atomic mass is 10.1. The fourth-order valence-electron chi connectivity index (χ4n) is 2.35. The predicted molar refractivity (Wildman–Crippen MR) is 67.1 cm³/mol. The zero-order chi connectivity index (χ0) is 12.1. The first-order valence-electron chi connectivity index (χ1n) is 6.58. The average Bonchev–Trinajstić information content (AvgIpc) is 2.70. The van der Waals surface area contributed by atoms with Gasteiger partial charge in [0, 0.05) is 12.6 Å². The molecule has 0 aromatic carbocycles. The van der Waals surface area contributed by atoms with Crippen molar-refractivity contribution >= 4 is 5.91 Å². The molecular weight excluding hydrogens is 200 g/mol. The Morgan fingerprint density at radius 3 is 2.31 bits per heavy atom. The summed E-state index contributed by atoms with van der Waals surface area (Å²) in [6, 6.07) is 0.102. The minimum absolute atomic E-state index is 0.132. The second-order valence-corrected chi connectivity index (χ2v) is 5.44. The van der Waals surface area contributed by atoms with Crippen LogP contribution < -0.4 is 5.73 Å². The predicted octanol–water partition coefficient (Wildman–Crippen LogP) is 2.15. The molecule has 0 radical (unpaired) electrons. The smallest absolute Gasteiger partial charge is 0.239 e. The molecule has 1 saturated carbocycles. The Balaban J connectivity index is 2.56. The molecule has 3 heteroatoms. The van der Waals surface area contributed by atoms with Gasteiger partial charge in [0.05, 0.1) is 6.04 Å². The van der Waals surface area contributed by atoms with Crippen molar-refractivity contribution in [1.29, 1.82) is 0 Å². The summed E-state index contributed by atoms with van der Waals surface area (Å²) in [4.78, 5) is 14.1. The van der Waals surface area contributed by atoms with Gasteiger partial charge in [0.25, 0.3) is 0 Å². The van der Waals surface area contributed by atoms with E-state index >= 15 is 0 Å². The van der Waals surface area contributed by atoms with Crippen LogP contribution in [0.4, 0.5) is 0 Å². The third-order valence-corrected chi connectivity index (χ3v) is 3.39. The molecule has 0 saturated heterocycles. The van der Waals surface area contributed by atoms with E-state index in [1.165, 1.54) is 12.8 Å². The van der Waals surface area contributed by atoms with Gasteiger partial charge >= 0.3 is 0 Å². The van der Waals surface area contributed by atoms with Crippen LogP contribution in [0, 0.1) is 5.92 Å². The van der Waals surface area contributed by atoms with Gasteiger partial charge in [-0.25, -0.2) is 0 Å². The molecule has 1 amide bonds. The van der Waals surface area contributed by atoms with Gasteiger partial charge in [-0.05, 0) is 32.1 Å². The van der Waals surface area contributed by atoms with Crippen molar-refractivity contribution in [1.82, 2.24) is 4.90 Å². The van der Waals surface area contributed by atoms with E-state index in [1.807, 2.05) is 4.90 Å². The maximum Gasteiger partial charge on any atom is 0.239 e. The van der Waals surface area contributed by atoms with E-state index in [0.717, 1.165) is 25.8 Å². The number of nitrogens with zero attached hydrogens (tertiary/aromatic N) is 1. The molecule has 0 aromatic heterocycles. The van der Waals surface area contributed by atoms with Crippen molar-refractivity contribution in [3.63, 3.8) is 0 Å². The Hall–Kier alpha value is -0.570. The molecule has 3 nitrogen and oxygen atoms in total. The molecule has 94 valence electrons. The van der Waals surface area contributed by atoms with Crippen LogP contribution in [0.25, 0.3) is 0 Å². The highest BCUT2D eigenvalue weighted by atomic mass is 16.2. The molecule has 0 spiro atoms. The number of hydrogen-bond donors (Lipinski definition) is 1. The maximum absolute atomic E-state index is 12.0. The van der Waals surface area contributed by atoms with Gasteiger partial charge < -0.3 is 10.6 Å². The Bertz CT molecular complexity index is 220. The molecule has 16 heavy (non-hydrogen) atoms. The van der Waals surface area contributed by atoms with E-state index in [2.05, 4.69) is 13.8 Å². The average molecular weight is 226 g/mol. The van der Waals surface area contributed by atoms with Crippen LogP contribution in [-0.4, -0.2) is 29.4 Å². The van der Waals surface area contributed by atoms with Crippen LogP contribution in [0.3, 0.4) is 0 Å². The molecule has 0 bridgehead atoms. The summed E-state index contributed by atoms with van der Waals surface area (Å²) < 4.78 is 0. The van der Waals surface area contributed by atoms with Gasteiger partial charge in [-0.2, -0.15) is 0 Å². The first-order valence-corrected chi connectivity index (χ1v) is 6.58. The molecule has 1 atom stereocenters. The lowest BCUT2D eigenvalue weighted by Gasteiger charge is -2.31. The minimum Gasteiger partial charge on any atom is -0.338 e. The molecule has 1 rings (SSSR count). The minimum atomic E-state index is -0.354. The van der Waals surface area contributed by atoms with Gasteiger partial charge in [-0.15, -0.1) is 0 Å². The first kappa shape index (κ1) is 13.5. The van der Waals surface area contributed by atoms with E-state index in [1.54, 1.807) is 6.92 Å². The van der Waals surface area contributed by atoms with Crippen molar-refractivity contribution in [3.05, 3.63) is 0 Å². The van der Waals surface area contributed by atoms with Gasteiger partial charge in [0.1, 0.15) is 0 Å². The van der Waals surface area contributed by atoms with Crippen LogP contribution in [0.1, 0.15) is 52.9 Å². The van der Waals surface area contributed by atoms with Gasteiger partial charge in [-0.1, -0.05) is 26.7 Å². The summed E-state index contributed by atoms with van der Waals surface area (Å²) in [7, 11) is 0. The molecular formula is C13H26N2O.